The maximum absolute atomic E-state index is 16.9. The van der Waals surface area contributed by atoms with Gasteiger partial charge in [-0.3, -0.25) is 9.88 Å². The molecule has 1 amide bonds. The van der Waals surface area contributed by atoms with E-state index in [-0.39, 0.29) is 40.4 Å². The van der Waals surface area contributed by atoms with Gasteiger partial charge in [-0.25, -0.2) is 9.18 Å². The van der Waals surface area contributed by atoms with Gasteiger partial charge in [0.1, 0.15) is 28.4 Å². The molecular weight excluding hydrogens is 637 g/mol. The van der Waals surface area contributed by atoms with E-state index in [1.165, 1.54) is 7.11 Å². The zero-order chi connectivity index (χ0) is 34.1. The van der Waals surface area contributed by atoms with Gasteiger partial charge in [-0.05, 0) is 75.3 Å². The van der Waals surface area contributed by atoms with E-state index in [4.69, 9.17) is 30.5 Å². The standard InChI is InChI=1S/C35H43ClFN5O4Si/c1-34(2,3)45-33(43)42-21-13-14-22(42)19-41(18-21)31-25-17-38-29(28(37)30(25)39-32(40-31)44-7)24-16-23(46-47(8,9)35(4,5)6)15-20-11-10-12-26(36)27(20)24/h10-12,15-17,21-22H,13-14,18-19H2,1-9H3/t21-,22+. The molecule has 250 valence electrons. The Morgan fingerprint density at radius 3 is 2.34 bits per heavy atom. The highest BCUT2D eigenvalue weighted by molar-refractivity contribution is 6.74. The molecular formula is C35H43ClFN5O4Si. The predicted octanol–water partition coefficient (Wildman–Crippen LogP) is 8.62. The topological polar surface area (TPSA) is 89.9 Å². The van der Waals surface area contributed by atoms with Gasteiger partial charge in [-0.15, -0.1) is 0 Å². The highest BCUT2D eigenvalue weighted by atomic mass is 35.5. The highest BCUT2D eigenvalue weighted by Crippen LogP contribution is 2.43. The van der Waals surface area contributed by atoms with Crippen LogP contribution in [0.3, 0.4) is 0 Å². The lowest BCUT2D eigenvalue weighted by atomic mass is 10.00. The van der Waals surface area contributed by atoms with Crippen LogP contribution in [0, 0.1) is 5.82 Å². The highest BCUT2D eigenvalue weighted by Gasteiger charge is 2.45. The summed E-state index contributed by atoms with van der Waals surface area (Å²) in [5, 5.41) is 2.41. The monoisotopic (exact) mass is 679 g/mol. The summed E-state index contributed by atoms with van der Waals surface area (Å²) >= 11 is 6.75. The lowest BCUT2D eigenvalue weighted by Gasteiger charge is -2.42. The normalized spacial score (nSPS) is 18.6. The second kappa shape index (κ2) is 11.8. The third-order valence-corrected chi connectivity index (χ3v) is 14.2. The minimum atomic E-state index is -2.22. The summed E-state index contributed by atoms with van der Waals surface area (Å²) < 4.78 is 34.7. The van der Waals surface area contributed by atoms with Crippen molar-refractivity contribution in [2.45, 2.75) is 90.2 Å². The number of benzene rings is 2. The van der Waals surface area contributed by atoms with Crippen LogP contribution >= 0.6 is 11.6 Å². The number of carbonyl (C=O) groups excluding carboxylic acids is 1. The fourth-order valence-corrected chi connectivity index (χ4v) is 7.58. The van der Waals surface area contributed by atoms with Crippen molar-refractivity contribution in [3.8, 4) is 23.0 Å². The number of piperazine rings is 1. The summed E-state index contributed by atoms with van der Waals surface area (Å²) in [6.45, 7) is 17.5. The number of hydrogen-bond donors (Lipinski definition) is 0. The first-order chi connectivity index (χ1) is 22.0. The molecule has 0 N–H and O–H groups in total. The van der Waals surface area contributed by atoms with Crippen LogP contribution in [0.4, 0.5) is 15.0 Å². The van der Waals surface area contributed by atoms with Gasteiger partial charge in [0.25, 0.3) is 0 Å². The number of anilines is 1. The van der Waals surface area contributed by atoms with E-state index in [1.54, 1.807) is 12.3 Å². The Labute approximate surface area is 281 Å². The Morgan fingerprint density at radius 2 is 1.72 bits per heavy atom. The van der Waals surface area contributed by atoms with Crippen LogP contribution in [0.1, 0.15) is 54.4 Å². The number of rotatable bonds is 5. The van der Waals surface area contributed by atoms with Gasteiger partial charge >= 0.3 is 12.1 Å². The van der Waals surface area contributed by atoms with Gasteiger partial charge in [-0.1, -0.05) is 44.5 Å². The van der Waals surface area contributed by atoms with Crippen molar-refractivity contribution in [2.24, 2.45) is 0 Å². The molecule has 0 aliphatic carbocycles. The number of halogens is 2. The minimum Gasteiger partial charge on any atom is -0.543 e. The molecule has 47 heavy (non-hydrogen) atoms. The largest absolute Gasteiger partial charge is 0.543 e. The molecule has 2 aliphatic heterocycles. The van der Waals surface area contributed by atoms with Gasteiger partial charge in [-0.2, -0.15) is 9.97 Å². The number of ether oxygens (including phenoxy) is 2. The Kier molecular flexibility index (Phi) is 8.31. The summed E-state index contributed by atoms with van der Waals surface area (Å²) in [4.78, 5) is 30.8. The van der Waals surface area contributed by atoms with Gasteiger partial charge in [0, 0.05) is 35.3 Å². The van der Waals surface area contributed by atoms with E-state index in [2.05, 4.69) is 48.7 Å². The quantitative estimate of drug-likeness (QED) is 0.194. The molecule has 4 heterocycles. The van der Waals surface area contributed by atoms with Crippen LogP contribution in [-0.4, -0.2) is 72.1 Å². The number of carbonyl (C=O) groups is 1. The van der Waals surface area contributed by atoms with E-state index in [9.17, 15) is 4.79 Å². The number of amides is 1. The molecule has 2 aliphatic rings. The number of hydrogen-bond acceptors (Lipinski definition) is 8. The average molecular weight is 680 g/mol. The van der Waals surface area contributed by atoms with Crippen molar-refractivity contribution in [1.82, 2.24) is 19.9 Å². The molecule has 2 fully saturated rings. The van der Waals surface area contributed by atoms with Gasteiger partial charge in [0.15, 0.2) is 5.82 Å². The minimum absolute atomic E-state index is 0.0371. The molecule has 12 heteroatoms. The Bertz CT molecular complexity index is 1860. The molecule has 6 rings (SSSR count). The first kappa shape index (κ1) is 33.2. The molecule has 2 aromatic heterocycles. The summed E-state index contributed by atoms with van der Waals surface area (Å²) in [5.74, 6) is 0.552. The second-order valence-corrected chi connectivity index (χ2v) is 20.2. The third kappa shape index (κ3) is 6.19. The Balaban J connectivity index is 1.44. The predicted molar refractivity (Wildman–Crippen MR) is 187 cm³/mol. The molecule has 0 spiro atoms. The fourth-order valence-electron chi connectivity index (χ4n) is 6.28. The maximum atomic E-state index is 16.9. The molecule has 0 saturated carbocycles. The summed E-state index contributed by atoms with van der Waals surface area (Å²) in [5.41, 5.74) is 0.133. The van der Waals surface area contributed by atoms with Crippen LogP contribution in [0.25, 0.3) is 32.9 Å². The maximum Gasteiger partial charge on any atom is 0.410 e. The van der Waals surface area contributed by atoms with E-state index >= 15 is 4.39 Å². The van der Waals surface area contributed by atoms with E-state index < -0.39 is 19.7 Å². The lowest BCUT2D eigenvalue weighted by Crippen LogP contribution is -2.57. The molecule has 2 atom stereocenters. The third-order valence-electron chi connectivity index (χ3n) is 9.55. The average Bonchev–Trinajstić information content (AvgIpc) is 3.24. The smallest absolute Gasteiger partial charge is 0.410 e. The zero-order valence-corrected chi connectivity index (χ0v) is 30.3. The van der Waals surface area contributed by atoms with Gasteiger partial charge < -0.3 is 18.8 Å². The SMILES string of the molecule is COc1nc(N2C[C@H]3CC[C@@H](C2)N3C(=O)OC(C)(C)C)c2cnc(-c3cc(O[Si](C)(C)C(C)(C)C)cc4cccc(Cl)c34)c(F)c2n1. The number of nitrogens with zero attached hydrogens (tertiary/aromatic N) is 5. The summed E-state index contributed by atoms with van der Waals surface area (Å²) in [7, 11) is -0.757. The van der Waals surface area contributed by atoms with Crippen molar-refractivity contribution in [3.63, 3.8) is 0 Å². The second-order valence-electron chi connectivity index (χ2n) is 15.1. The van der Waals surface area contributed by atoms with E-state index in [0.29, 0.717) is 46.0 Å². The molecule has 2 bridgehead atoms. The molecule has 4 aromatic rings. The van der Waals surface area contributed by atoms with E-state index in [1.807, 2.05) is 49.9 Å². The van der Waals surface area contributed by atoms with Crippen LogP contribution in [-0.2, 0) is 4.74 Å². The van der Waals surface area contributed by atoms with Crippen LogP contribution in [0.2, 0.25) is 23.2 Å². The summed E-state index contributed by atoms with van der Waals surface area (Å²) in [6.07, 6.45) is 3.00. The van der Waals surface area contributed by atoms with Crippen molar-refractivity contribution in [2.75, 3.05) is 25.1 Å². The first-order valence-electron chi connectivity index (χ1n) is 16.1. The van der Waals surface area contributed by atoms with Crippen molar-refractivity contribution in [3.05, 3.63) is 47.4 Å². The first-order valence-corrected chi connectivity index (χ1v) is 19.3. The molecule has 9 nitrogen and oxygen atoms in total. The van der Waals surface area contributed by atoms with Crippen molar-refractivity contribution >= 4 is 53.5 Å². The fraction of sp³-hybridized carbons (Fsp3) is 0.486. The van der Waals surface area contributed by atoms with Crippen molar-refractivity contribution < 1.29 is 23.1 Å². The van der Waals surface area contributed by atoms with Crippen LogP contribution < -0.4 is 14.1 Å². The number of methoxy groups -OCH3 is 1. The Morgan fingerprint density at radius 1 is 1.04 bits per heavy atom. The van der Waals surface area contributed by atoms with Crippen LogP contribution in [0.15, 0.2) is 36.5 Å². The summed E-state index contributed by atoms with van der Waals surface area (Å²) in [6, 6.07) is 9.31. The van der Waals surface area contributed by atoms with E-state index in [0.717, 1.165) is 18.2 Å². The number of pyridine rings is 1. The number of fused-ring (bicyclic) bond motifs is 4. The van der Waals surface area contributed by atoms with Crippen molar-refractivity contribution in [1.29, 1.82) is 0 Å². The Hall–Kier alpha value is -3.70. The molecule has 0 radical (unpaired) electrons. The molecule has 2 aromatic carbocycles. The van der Waals surface area contributed by atoms with Crippen LogP contribution in [0.5, 0.6) is 11.8 Å². The zero-order valence-electron chi connectivity index (χ0n) is 28.6. The number of aromatic nitrogens is 3. The van der Waals surface area contributed by atoms with Gasteiger partial charge in [0.2, 0.25) is 8.32 Å². The lowest BCUT2D eigenvalue weighted by molar-refractivity contribution is 0.0123. The molecule has 0 unspecified atom stereocenters. The van der Waals surface area contributed by atoms with Gasteiger partial charge in [0.05, 0.1) is 24.6 Å². The molecule has 2 saturated heterocycles.